The Morgan fingerprint density at radius 2 is 1.07 bits per heavy atom. The van der Waals surface area contributed by atoms with Crippen LogP contribution in [0.3, 0.4) is 0 Å². The molecule has 182 valence electrons. The van der Waals surface area contributed by atoms with Gasteiger partial charge in [0.1, 0.15) is 0 Å². The van der Waals surface area contributed by atoms with E-state index in [0.717, 1.165) is 60.3 Å². The Bertz CT molecular complexity index is 2270. The quantitative estimate of drug-likeness (QED) is 0.273. The molecule has 8 aromatic rings. The molecule has 0 aliphatic carbocycles. The molecule has 8 rings (SSSR count). The van der Waals surface area contributed by atoms with Crippen molar-refractivity contribution < 1.29 is 79.0 Å². The maximum Gasteiger partial charge on any atom is 1.00 e. The van der Waals surface area contributed by atoms with Gasteiger partial charge in [-0.1, -0.05) is 48.5 Å². The van der Waals surface area contributed by atoms with Crippen LogP contribution >= 0.6 is 0 Å². The van der Waals surface area contributed by atoms with E-state index in [0.29, 0.717) is 16.8 Å². The summed E-state index contributed by atoms with van der Waals surface area (Å²) >= 11 is 0. The molecule has 1 N–H and O–H groups in total. The van der Waals surface area contributed by atoms with Gasteiger partial charge in [-0.3, -0.25) is 9.97 Å². The summed E-state index contributed by atoms with van der Waals surface area (Å²) in [7, 11) is 0. The van der Waals surface area contributed by atoms with Crippen molar-refractivity contribution in [3.63, 3.8) is 0 Å². The minimum absolute atomic E-state index is 0. The zero-order valence-corrected chi connectivity index (χ0v) is 27.9. The molecule has 3 aromatic carbocycles. The Morgan fingerprint density at radius 1 is 0.550 bits per heavy atom. The molecule has 40 heavy (non-hydrogen) atoms. The van der Waals surface area contributed by atoms with E-state index in [-0.39, 0.29) is 74.6 Å². The Kier molecular flexibility index (Phi) is 6.50. The van der Waals surface area contributed by atoms with Gasteiger partial charge in [0.15, 0.2) is 6.20 Å². The van der Waals surface area contributed by atoms with Crippen LogP contribution in [0.5, 0.6) is 5.75 Å². The van der Waals surface area contributed by atoms with Crippen molar-refractivity contribution in [2.24, 2.45) is 0 Å². The maximum absolute atomic E-state index is 13.8. The number of hydrogen-bond donors (Lipinski definition) is 0. The normalized spacial score (nSPS) is 11.4. The molecular formula is C33H19CsN5O+. The van der Waals surface area contributed by atoms with E-state index in [4.69, 9.17) is 9.97 Å². The van der Waals surface area contributed by atoms with Crippen LogP contribution in [0, 0.1) is 0 Å². The van der Waals surface area contributed by atoms with E-state index in [9.17, 15) is 5.11 Å². The van der Waals surface area contributed by atoms with Gasteiger partial charge in [-0.05, 0) is 47.7 Å². The van der Waals surface area contributed by atoms with E-state index in [1.54, 1.807) is 18.6 Å². The molecule has 6 nitrogen and oxygen atoms in total. The third kappa shape index (κ3) is 4.09. The predicted octanol–water partition coefficient (Wildman–Crippen LogP) is 3.26. The SMILES string of the molecule is [Cs+].[O-]c1c(-c2ccc3ccc4cccnc4c3n2)cc(-c2ccc3ccc4cccnc4c3n2)c2ccc[nH+]c12. The summed E-state index contributed by atoms with van der Waals surface area (Å²) in [6, 6.07) is 29.8. The van der Waals surface area contributed by atoms with E-state index in [1.165, 1.54) is 0 Å². The fourth-order valence-electron chi connectivity index (χ4n) is 5.42. The Morgan fingerprint density at radius 3 is 1.68 bits per heavy atom. The second kappa shape index (κ2) is 10.2. The first kappa shape index (κ1) is 25.5. The van der Waals surface area contributed by atoms with Crippen LogP contribution in [0.25, 0.3) is 77.0 Å². The number of H-pyrrole nitrogens is 1. The van der Waals surface area contributed by atoms with Crippen molar-refractivity contribution in [2.45, 2.75) is 0 Å². The molecule has 5 aromatic heterocycles. The molecule has 0 spiro atoms. The second-order valence-corrected chi connectivity index (χ2v) is 9.58. The third-order valence-electron chi connectivity index (χ3n) is 7.32. The molecule has 0 aliphatic heterocycles. The van der Waals surface area contributed by atoms with Gasteiger partial charge >= 0.3 is 68.9 Å². The first-order valence-corrected chi connectivity index (χ1v) is 12.7. The van der Waals surface area contributed by atoms with Gasteiger partial charge in [0.25, 0.3) is 0 Å². The minimum Gasteiger partial charge on any atom is -0.868 e. The summed E-state index contributed by atoms with van der Waals surface area (Å²) in [5, 5.41) is 18.6. The fourth-order valence-corrected chi connectivity index (χ4v) is 5.42. The second-order valence-electron chi connectivity index (χ2n) is 9.58. The number of aromatic amines is 1. The number of nitrogens with zero attached hydrogens (tertiary/aromatic N) is 4. The summed E-state index contributed by atoms with van der Waals surface area (Å²) in [4.78, 5) is 22.4. The Hall–Kier alpha value is -3.44. The number of nitrogens with one attached hydrogen (secondary N) is 1. The molecule has 0 saturated heterocycles. The van der Waals surface area contributed by atoms with Gasteiger partial charge in [-0.2, -0.15) is 0 Å². The van der Waals surface area contributed by atoms with Crippen molar-refractivity contribution in [1.29, 1.82) is 0 Å². The number of rotatable bonds is 2. The average molecular weight is 634 g/mol. The molecule has 0 bridgehead atoms. The largest absolute Gasteiger partial charge is 1.00 e. The number of fused-ring (bicyclic) bond motifs is 7. The molecule has 0 radical (unpaired) electrons. The smallest absolute Gasteiger partial charge is 0.868 e. The van der Waals surface area contributed by atoms with Gasteiger partial charge in [-0.25, -0.2) is 15.0 Å². The van der Waals surface area contributed by atoms with Crippen LogP contribution < -0.4 is 79.0 Å². The predicted molar refractivity (Wildman–Crippen MR) is 152 cm³/mol. The molecule has 0 atom stereocenters. The number of hydrogen-bond acceptors (Lipinski definition) is 5. The van der Waals surface area contributed by atoms with Crippen LogP contribution in [-0.4, -0.2) is 19.9 Å². The zero-order valence-electron chi connectivity index (χ0n) is 21.6. The van der Waals surface area contributed by atoms with Crippen LogP contribution in [0.4, 0.5) is 0 Å². The number of pyridine rings is 5. The molecule has 5 heterocycles. The summed E-state index contributed by atoms with van der Waals surface area (Å²) in [5.74, 6) is -0.109. The molecule has 0 fully saturated rings. The van der Waals surface area contributed by atoms with Crippen LogP contribution in [0.15, 0.2) is 110 Å². The summed E-state index contributed by atoms with van der Waals surface area (Å²) in [5.41, 5.74) is 6.49. The van der Waals surface area contributed by atoms with Gasteiger partial charge in [0.05, 0.1) is 38.8 Å². The first-order chi connectivity index (χ1) is 19.2. The summed E-state index contributed by atoms with van der Waals surface area (Å²) in [6.45, 7) is 0. The van der Waals surface area contributed by atoms with Crippen LogP contribution in [0.1, 0.15) is 0 Å². The molecule has 7 heteroatoms. The standard InChI is InChI=1S/C33H19N5O.Cs/c39-33-25(27-14-12-22-10-8-20-5-2-16-35-29(20)31(22)38-27)18-24(23-6-3-17-36-32(23)33)26-13-11-21-9-7-19-4-1-15-34-28(19)30(21)37-26;/h1-18,39H;/q;+1. The van der Waals surface area contributed by atoms with Crippen molar-refractivity contribution in [3.8, 4) is 28.3 Å². The van der Waals surface area contributed by atoms with E-state index < -0.39 is 0 Å². The summed E-state index contributed by atoms with van der Waals surface area (Å²) in [6.07, 6.45) is 5.32. The van der Waals surface area contributed by atoms with E-state index in [1.807, 2.05) is 72.8 Å². The third-order valence-corrected chi connectivity index (χ3v) is 7.32. The van der Waals surface area contributed by atoms with Crippen molar-refractivity contribution in [1.82, 2.24) is 19.9 Å². The van der Waals surface area contributed by atoms with E-state index >= 15 is 0 Å². The van der Waals surface area contributed by atoms with Crippen molar-refractivity contribution in [3.05, 3.63) is 110 Å². The number of benzene rings is 3. The van der Waals surface area contributed by atoms with Crippen LogP contribution in [0.2, 0.25) is 0 Å². The fraction of sp³-hybridized carbons (Fsp3) is 0. The zero-order chi connectivity index (χ0) is 25.9. The first-order valence-electron chi connectivity index (χ1n) is 12.7. The molecular weight excluding hydrogens is 615 g/mol. The number of aromatic nitrogens is 5. The van der Waals surface area contributed by atoms with Crippen molar-refractivity contribution >= 4 is 54.5 Å². The van der Waals surface area contributed by atoms with Gasteiger partial charge < -0.3 is 5.11 Å². The molecule has 0 amide bonds. The Labute approximate surface area is 287 Å². The van der Waals surface area contributed by atoms with Gasteiger partial charge in [-0.15, -0.1) is 0 Å². The van der Waals surface area contributed by atoms with Crippen LogP contribution in [-0.2, 0) is 0 Å². The minimum atomic E-state index is -0.109. The Balaban J connectivity index is 0.00000264. The van der Waals surface area contributed by atoms with E-state index in [2.05, 4.69) is 33.2 Å². The van der Waals surface area contributed by atoms with Gasteiger partial charge in [0, 0.05) is 45.6 Å². The van der Waals surface area contributed by atoms with Crippen molar-refractivity contribution in [2.75, 3.05) is 0 Å². The molecule has 0 unspecified atom stereocenters. The summed E-state index contributed by atoms with van der Waals surface area (Å²) < 4.78 is 0. The maximum atomic E-state index is 13.8. The van der Waals surface area contributed by atoms with Gasteiger partial charge in [0.2, 0.25) is 5.52 Å². The molecule has 0 saturated carbocycles. The molecule has 0 aliphatic rings. The average Bonchev–Trinajstić information content (AvgIpc) is 3.01. The monoisotopic (exact) mass is 634 g/mol. The topological polar surface area (TPSA) is 88.8 Å².